The molecule has 2 N–H and O–H groups in total. The van der Waals surface area contributed by atoms with Crippen molar-refractivity contribution in [3.63, 3.8) is 0 Å². The van der Waals surface area contributed by atoms with Gasteiger partial charge in [-0.25, -0.2) is 0 Å². The van der Waals surface area contributed by atoms with Crippen LogP contribution in [0.5, 0.6) is 0 Å². The highest BCUT2D eigenvalue weighted by Gasteiger charge is 2.05. The van der Waals surface area contributed by atoms with Crippen LogP contribution in [0.2, 0.25) is 0 Å². The van der Waals surface area contributed by atoms with Crippen molar-refractivity contribution in [1.82, 2.24) is 10.2 Å². The van der Waals surface area contributed by atoms with Crippen LogP contribution in [0.1, 0.15) is 6.42 Å². The largest absolute Gasteiger partial charge is 0.394 e. The number of carbonyl (C=O) groups is 2. The third kappa shape index (κ3) is 6.97. The number of aliphatic hydroxyl groups excluding tert-OH is 1. The standard InChI is InChI=1S/C10H18N2O4/c1-12(5-3-9(7-13)16-2)6-4-10(15)11-8-14/h4,6,8-9,13H,3,5,7H2,1-2H3,(H,11,14,15)/b6-4-. The number of aliphatic hydroxyl groups is 1. The van der Waals surface area contributed by atoms with E-state index in [1.54, 1.807) is 18.1 Å². The minimum atomic E-state index is -0.465. The summed E-state index contributed by atoms with van der Waals surface area (Å²) in [7, 11) is 3.32. The highest BCUT2D eigenvalue weighted by molar-refractivity contribution is 5.94. The summed E-state index contributed by atoms with van der Waals surface area (Å²) in [4.78, 5) is 22.6. The zero-order chi connectivity index (χ0) is 12.4. The number of rotatable bonds is 8. The Morgan fingerprint density at radius 2 is 2.31 bits per heavy atom. The molecule has 0 spiro atoms. The number of nitrogens with one attached hydrogen (secondary N) is 1. The highest BCUT2D eigenvalue weighted by atomic mass is 16.5. The smallest absolute Gasteiger partial charge is 0.251 e. The van der Waals surface area contributed by atoms with E-state index >= 15 is 0 Å². The van der Waals surface area contributed by atoms with Crippen molar-refractivity contribution < 1.29 is 19.4 Å². The number of carbonyl (C=O) groups excluding carboxylic acids is 2. The van der Waals surface area contributed by atoms with Gasteiger partial charge >= 0.3 is 0 Å². The lowest BCUT2D eigenvalue weighted by atomic mass is 10.2. The first-order valence-electron chi connectivity index (χ1n) is 4.90. The highest BCUT2D eigenvalue weighted by Crippen LogP contribution is 1.98. The summed E-state index contributed by atoms with van der Waals surface area (Å²) in [6.45, 7) is 0.615. The maximum Gasteiger partial charge on any atom is 0.251 e. The minimum Gasteiger partial charge on any atom is -0.394 e. The first-order valence-corrected chi connectivity index (χ1v) is 4.90. The van der Waals surface area contributed by atoms with Gasteiger partial charge in [0.2, 0.25) is 6.41 Å². The second-order valence-electron chi connectivity index (χ2n) is 3.25. The fraction of sp³-hybridized carbons (Fsp3) is 0.600. The molecule has 6 nitrogen and oxygen atoms in total. The van der Waals surface area contributed by atoms with Gasteiger partial charge < -0.3 is 14.7 Å². The zero-order valence-electron chi connectivity index (χ0n) is 9.55. The summed E-state index contributed by atoms with van der Waals surface area (Å²) < 4.78 is 4.99. The Kier molecular flexibility index (Phi) is 8.10. The van der Waals surface area contributed by atoms with Crippen molar-refractivity contribution in [3.05, 3.63) is 12.3 Å². The molecule has 0 aliphatic heterocycles. The summed E-state index contributed by atoms with van der Waals surface area (Å²) in [5, 5.41) is 10.9. The Balaban J connectivity index is 3.84. The van der Waals surface area contributed by atoms with Crippen LogP contribution in [0.15, 0.2) is 12.3 Å². The van der Waals surface area contributed by atoms with Gasteiger partial charge in [-0.3, -0.25) is 14.9 Å². The zero-order valence-corrected chi connectivity index (χ0v) is 9.55. The van der Waals surface area contributed by atoms with E-state index in [2.05, 4.69) is 0 Å². The van der Waals surface area contributed by atoms with E-state index in [0.29, 0.717) is 19.4 Å². The Bertz CT molecular complexity index is 239. The van der Waals surface area contributed by atoms with Crippen molar-refractivity contribution in [1.29, 1.82) is 0 Å². The molecule has 0 radical (unpaired) electrons. The molecular weight excluding hydrogens is 212 g/mol. The van der Waals surface area contributed by atoms with Gasteiger partial charge in [0.25, 0.3) is 5.91 Å². The second-order valence-corrected chi connectivity index (χ2v) is 3.25. The number of imide groups is 1. The van der Waals surface area contributed by atoms with Crippen LogP contribution in [0, 0.1) is 0 Å². The normalized spacial score (nSPS) is 12.4. The predicted octanol–water partition coefficient (Wildman–Crippen LogP) is -0.898. The summed E-state index contributed by atoms with van der Waals surface area (Å²) in [6.07, 6.45) is 3.61. The second kappa shape index (κ2) is 8.87. The molecule has 1 unspecified atom stereocenters. The van der Waals surface area contributed by atoms with Crippen molar-refractivity contribution in [2.24, 2.45) is 0 Å². The molecule has 0 saturated carbocycles. The molecule has 6 heteroatoms. The SMILES string of the molecule is COC(CO)CCN(C)/C=C\C(=O)NC=O. The molecule has 0 bridgehead atoms. The van der Waals surface area contributed by atoms with E-state index < -0.39 is 5.91 Å². The average Bonchev–Trinajstić information content (AvgIpc) is 2.28. The lowest BCUT2D eigenvalue weighted by Crippen LogP contribution is -2.24. The Morgan fingerprint density at radius 1 is 1.62 bits per heavy atom. The van der Waals surface area contributed by atoms with E-state index in [0.717, 1.165) is 0 Å². The molecule has 0 aromatic carbocycles. The maximum absolute atomic E-state index is 10.9. The molecule has 0 aliphatic carbocycles. The van der Waals surface area contributed by atoms with Crippen LogP contribution < -0.4 is 5.32 Å². The fourth-order valence-corrected chi connectivity index (χ4v) is 1.01. The van der Waals surface area contributed by atoms with E-state index in [9.17, 15) is 9.59 Å². The molecule has 1 atom stereocenters. The van der Waals surface area contributed by atoms with Crippen LogP contribution in [-0.4, -0.2) is 55.7 Å². The van der Waals surface area contributed by atoms with Gasteiger partial charge in [0.05, 0.1) is 12.7 Å². The Morgan fingerprint density at radius 3 is 2.81 bits per heavy atom. The van der Waals surface area contributed by atoms with Gasteiger partial charge in [-0.1, -0.05) is 0 Å². The predicted molar refractivity (Wildman–Crippen MR) is 58.5 cm³/mol. The molecule has 0 aromatic heterocycles. The molecule has 0 rings (SSSR count). The van der Waals surface area contributed by atoms with Crippen LogP contribution in [0.4, 0.5) is 0 Å². The molecule has 0 saturated heterocycles. The molecule has 0 heterocycles. The maximum atomic E-state index is 10.9. The van der Waals surface area contributed by atoms with Crippen molar-refractivity contribution in [2.45, 2.75) is 12.5 Å². The van der Waals surface area contributed by atoms with Gasteiger partial charge in [-0.15, -0.1) is 0 Å². The number of nitrogens with zero attached hydrogens (tertiary/aromatic N) is 1. The summed E-state index contributed by atoms with van der Waals surface area (Å²) in [5.41, 5.74) is 0. The summed E-state index contributed by atoms with van der Waals surface area (Å²) >= 11 is 0. The van der Waals surface area contributed by atoms with Crippen molar-refractivity contribution in [3.8, 4) is 0 Å². The summed E-state index contributed by atoms with van der Waals surface area (Å²) in [5.74, 6) is -0.465. The first-order chi connectivity index (χ1) is 7.63. The van der Waals surface area contributed by atoms with Crippen LogP contribution in [0.3, 0.4) is 0 Å². The molecule has 92 valence electrons. The first kappa shape index (κ1) is 14.6. The number of methoxy groups -OCH3 is 1. The molecular formula is C10H18N2O4. The molecule has 2 amide bonds. The van der Waals surface area contributed by atoms with Gasteiger partial charge in [0.1, 0.15) is 0 Å². The topological polar surface area (TPSA) is 78.9 Å². The van der Waals surface area contributed by atoms with Gasteiger partial charge in [0.15, 0.2) is 0 Å². The third-order valence-corrected chi connectivity index (χ3v) is 2.02. The monoisotopic (exact) mass is 230 g/mol. The van der Waals surface area contributed by atoms with Gasteiger partial charge in [0, 0.05) is 33.0 Å². The van der Waals surface area contributed by atoms with Crippen LogP contribution in [0.25, 0.3) is 0 Å². The Labute approximate surface area is 94.9 Å². The summed E-state index contributed by atoms with van der Waals surface area (Å²) in [6, 6.07) is 0. The van der Waals surface area contributed by atoms with Crippen LogP contribution >= 0.6 is 0 Å². The number of amides is 2. The molecule has 0 fully saturated rings. The average molecular weight is 230 g/mol. The van der Waals surface area contributed by atoms with E-state index in [1.165, 1.54) is 13.2 Å². The lowest BCUT2D eigenvalue weighted by molar-refractivity contribution is -0.121. The van der Waals surface area contributed by atoms with Gasteiger partial charge in [-0.05, 0) is 6.42 Å². The molecule has 0 aromatic rings. The van der Waals surface area contributed by atoms with E-state index in [-0.39, 0.29) is 12.7 Å². The number of ether oxygens (including phenoxy) is 1. The number of hydrogen-bond donors (Lipinski definition) is 2. The lowest BCUT2D eigenvalue weighted by Gasteiger charge is -2.17. The quantitative estimate of drug-likeness (QED) is 0.417. The van der Waals surface area contributed by atoms with Crippen molar-refractivity contribution in [2.75, 3.05) is 27.3 Å². The van der Waals surface area contributed by atoms with Gasteiger partial charge in [-0.2, -0.15) is 0 Å². The van der Waals surface area contributed by atoms with Crippen molar-refractivity contribution >= 4 is 12.3 Å². The molecule has 0 aliphatic rings. The Hall–Kier alpha value is -1.40. The molecule has 16 heavy (non-hydrogen) atoms. The fourth-order valence-electron chi connectivity index (χ4n) is 1.01. The van der Waals surface area contributed by atoms with Crippen LogP contribution in [-0.2, 0) is 14.3 Å². The van der Waals surface area contributed by atoms with E-state index in [1.807, 2.05) is 5.32 Å². The minimum absolute atomic E-state index is 0.0281. The third-order valence-electron chi connectivity index (χ3n) is 2.02. The number of hydrogen-bond acceptors (Lipinski definition) is 5. The van der Waals surface area contributed by atoms with E-state index in [4.69, 9.17) is 9.84 Å².